The Morgan fingerprint density at radius 2 is 2.11 bits per heavy atom. The van der Waals surface area contributed by atoms with Crippen LogP contribution in [0.5, 0.6) is 5.75 Å². The van der Waals surface area contributed by atoms with Crippen LogP contribution in [0.15, 0.2) is 18.2 Å². The second-order valence-corrected chi connectivity index (χ2v) is 3.91. The monoisotopic (exact) mass is 295 g/mol. The van der Waals surface area contributed by atoms with Gasteiger partial charge in [-0.3, -0.25) is 0 Å². The summed E-state index contributed by atoms with van der Waals surface area (Å²) in [5.41, 5.74) is 1.02. The number of methoxy groups -OCH3 is 1. The number of aliphatic hydroxyl groups excluding tert-OH is 1. The number of ether oxygens (including phenoxy) is 2. The third kappa shape index (κ3) is 6.42. The molecule has 6 heteroatoms. The van der Waals surface area contributed by atoms with Crippen molar-refractivity contribution < 1.29 is 14.6 Å². The van der Waals surface area contributed by atoms with Gasteiger partial charge in [0.05, 0.1) is 26.9 Å². The number of halogens is 2. The lowest BCUT2D eigenvalue weighted by Crippen LogP contribution is -2.20. The number of hydrogen-bond donors (Lipinski definition) is 2. The predicted octanol–water partition coefficient (Wildman–Crippen LogP) is 1.87. The third-order valence-electron chi connectivity index (χ3n) is 2.22. The largest absolute Gasteiger partial charge is 0.496 e. The number of aliphatic hydroxyl groups is 1. The first-order valence-electron chi connectivity index (χ1n) is 5.49. The van der Waals surface area contributed by atoms with E-state index in [1.54, 1.807) is 13.2 Å². The maximum atomic E-state index is 8.52. The van der Waals surface area contributed by atoms with E-state index in [4.69, 9.17) is 26.2 Å². The number of nitrogens with one attached hydrogen (secondary N) is 1. The quantitative estimate of drug-likeness (QED) is 0.719. The van der Waals surface area contributed by atoms with Gasteiger partial charge >= 0.3 is 0 Å². The summed E-state index contributed by atoms with van der Waals surface area (Å²) in [5, 5.41) is 12.4. The van der Waals surface area contributed by atoms with Crippen LogP contribution in [0.2, 0.25) is 5.02 Å². The molecule has 2 N–H and O–H groups in total. The molecular formula is C12H19Cl2NO3. The maximum absolute atomic E-state index is 8.52. The number of hydrogen-bond acceptors (Lipinski definition) is 4. The molecule has 0 amide bonds. The molecule has 0 fully saturated rings. The molecule has 0 radical (unpaired) electrons. The van der Waals surface area contributed by atoms with E-state index in [9.17, 15) is 0 Å². The molecule has 104 valence electrons. The van der Waals surface area contributed by atoms with Crippen molar-refractivity contribution in [3.8, 4) is 5.75 Å². The van der Waals surface area contributed by atoms with E-state index in [1.165, 1.54) is 0 Å². The zero-order valence-corrected chi connectivity index (χ0v) is 11.9. The smallest absolute Gasteiger partial charge is 0.123 e. The fourth-order valence-corrected chi connectivity index (χ4v) is 1.61. The minimum Gasteiger partial charge on any atom is -0.496 e. The number of benzene rings is 1. The van der Waals surface area contributed by atoms with Crippen molar-refractivity contribution in [2.75, 3.05) is 33.5 Å². The van der Waals surface area contributed by atoms with E-state index in [0.717, 1.165) is 17.9 Å². The van der Waals surface area contributed by atoms with Gasteiger partial charge in [-0.25, -0.2) is 0 Å². The molecule has 0 aromatic heterocycles. The zero-order chi connectivity index (χ0) is 12.5. The van der Waals surface area contributed by atoms with Crippen LogP contribution in [0, 0.1) is 0 Å². The summed E-state index contributed by atoms with van der Waals surface area (Å²) in [6.07, 6.45) is 0. The average Bonchev–Trinajstić information content (AvgIpc) is 2.34. The lowest BCUT2D eigenvalue weighted by Gasteiger charge is -2.10. The van der Waals surface area contributed by atoms with Crippen molar-refractivity contribution in [2.45, 2.75) is 6.54 Å². The highest BCUT2D eigenvalue weighted by atomic mass is 35.5. The van der Waals surface area contributed by atoms with Gasteiger partial charge in [-0.2, -0.15) is 0 Å². The first-order chi connectivity index (χ1) is 8.27. The Labute approximate surface area is 119 Å². The summed E-state index contributed by atoms with van der Waals surface area (Å²) >= 11 is 5.92. The van der Waals surface area contributed by atoms with E-state index in [2.05, 4.69) is 5.32 Å². The van der Waals surface area contributed by atoms with Gasteiger partial charge in [-0.1, -0.05) is 11.6 Å². The minimum atomic E-state index is 0. The highest BCUT2D eigenvalue weighted by Crippen LogP contribution is 2.22. The van der Waals surface area contributed by atoms with Gasteiger partial charge in [0.1, 0.15) is 5.75 Å². The first-order valence-corrected chi connectivity index (χ1v) is 5.87. The Morgan fingerprint density at radius 3 is 2.78 bits per heavy atom. The maximum Gasteiger partial charge on any atom is 0.123 e. The molecular weight excluding hydrogens is 277 g/mol. The molecule has 0 saturated heterocycles. The highest BCUT2D eigenvalue weighted by Gasteiger charge is 2.02. The average molecular weight is 296 g/mol. The zero-order valence-electron chi connectivity index (χ0n) is 10.3. The van der Waals surface area contributed by atoms with Crippen LogP contribution in [0.4, 0.5) is 0 Å². The second kappa shape index (κ2) is 10.4. The topological polar surface area (TPSA) is 50.7 Å². The summed E-state index contributed by atoms with van der Waals surface area (Å²) in [6, 6.07) is 5.53. The SMILES string of the molecule is COc1ccc(Cl)cc1CNCCOCCO.Cl. The third-order valence-corrected chi connectivity index (χ3v) is 2.45. The van der Waals surface area contributed by atoms with Gasteiger partial charge in [-0.15, -0.1) is 12.4 Å². The molecule has 0 unspecified atom stereocenters. The molecule has 4 nitrogen and oxygen atoms in total. The van der Waals surface area contributed by atoms with Gasteiger partial charge in [0.15, 0.2) is 0 Å². The van der Waals surface area contributed by atoms with Crippen LogP contribution in [0.1, 0.15) is 5.56 Å². The summed E-state index contributed by atoms with van der Waals surface area (Å²) < 4.78 is 10.4. The van der Waals surface area contributed by atoms with Crippen LogP contribution >= 0.6 is 24.0 Å². The molecule has 0 saturated carbocycles. The summed E-state index contributed by atoms with van der Waals surface area (Å²) in [7, 11) is 1.64. The molecule has 18 heavy (non-hydrogen) atoms. The van der Waals surface area contributed by atoms with E-state index >= 15 is 0 Å². The Balaban J connectivity index is 0.00000289. The van der Waals surface area contributed by atoms with Crippen molar-refractivity contribution in [3.05, 3.63) is 28.8 Å². The van der Waals surface area contributed by atoms with Gasteiger partial charge in [0.2, 0.25) is 0 Å². The van der Waals surface area contributed by atoms with Crippen molar-refractivity contribution >= 4 is 24.0 Å². The van der Waals surface area contributed by atoms with E-state index in [-0.39, 0.29) is 19.0 Å². The Bertz CT molecular complexity index is 337. The van der Waals surface area contributed by atoms with Crippen LogP contribution in [-0.4, -0.2) is 38.6 Å². The van der Waals surface area contributed by atoms with Crippen molar-refractivity contribution in [2.24, 2.45) is 0 Å². The Morgan fingerprint density at radius 1 is 1.33 bits per heavy atom. The molecule has 0 aliphatic carbocycles. The Kier molecular flexibility index (Phi) is 10.1. The van der Waals surface area contributed by atoms with E-state index in [1.807, 2.05) is 12.1 Å². The minimum absolute atomic E-state index is 0. The molecule has 1 aromatic carbocycles. The fraction of sp³-hybridized carbons (Fsp3) is 0.500. The highest BCUT2D eigenvalue weighted by molar-refractivity contribution is 6.30. The Hall–Kier alpha value is -0.520. The molecule has 0 atom stereocenters. The van der Waals surface area contributed by atoms with Gasteiger partial charge in [0.25, 0.3) is 0 Å². The lowest BCUT2D eigenvalue weighted by molar-refractivity contribution is 0.0938. The van der Waals surface area contributed by atoms with Gasteiger partial charge in [0, 0.05) is 23.7 Å². The van der Waals surface area contributed by atoms with Crippen LogP contribution in [0.25, 0.3) is 0 Å². The van der Waals surface area contributed by atoms with Crippen LogP contribution < -0.4 is 10.1 Å². The molecule has 0 heterocycles. The number of rotatable bonds is 8. The normalized spacial score (nSPS) is 9.94. The van der Waals surface area contributed by atoms with E-state index in [0.29, 0.717) is 24.8 Å². The molecule has 0 bridgehead atoms. The fourth-order valence-electron chi connectivity index (χ4n) is 1.42. The van der Waals surface area contributed by atoms with Crippen molar-refractivity contribution in [3.63, 3.8) is 0 Å². The van der Waals surface area contributed by atoms with Gasteiger partial charge in [-0.05, 0) is 18.2 Å². The lowest BCUT2D eigenvalue weighted by atomic mass is 10.2. The summed E-state index contributed by atoms with van der Waals surface area (Å²) in [6.45, 7) is 2.40. The van der Waals surface area contributed by atoms with E-state index < -0.39 is 0 Å². The van der Waals surface area contributed by atoms with Crippen LogP contribution in [0.3, 0.4) is 0 Å². The van der Waals surface area contributed by atoms with Crippen molar-refractivity contribution in [1.82, 2.24) is 5.32 Å². The predicted molar refractivity (Wildman–Crippen MR) is 74.9 cm³/mol. The second-order valence-electron chi connectivity index (χ2n) is 3.47. The standard InChI is InChI=1S/C12H18ClNO3.ClH/c1-16-12-3-2-11(13)8-10(12)9-14-4-6-17-7-5-15;/h2-3,8,14-15H,4-7,9H2,1H3;1H. The summed E-state index contributed by atoms with van der Waals surface area (Å²) in [5.74, 6) is 0.818. The molecule has 0 aliphatic rings. The molecule has 0 aliphatic heterocycles. The van der Waals surface area contributed by atoms with Gasteiger partial charge < -0.3 is 19.9 Å². The first kappa shape index (κ1) is 17.5. The molecule has 1 aromatic rings. The van der Waals surface area contributed by atoms with Crippen LogP contribution in [-0.2, 0) is 11.3 Å². The molecule has 0 spiro atoms. The summed E-state index contributed by atoms with van der Waals surface area (Å²) in [4.78, 5) is 0. The molecule has 1 rings (SSSR count). The van der Waals surface area contributed by atoms with Crippen molar-refractivity contribution in [1.29, 1.82) is 0 Å².